The highest BCUT2D eigenvalue weighted by Gasteiger charge is 2.46. The van der Waals surface area contributed by atoms with Crippen molar-refractivity contribution in [2.24, 2.45) is 5.92 Å². The van der Waals surface area contributed by atoms with Crippen LogP contribution in [0.5, 0.6) is 0 Å². The smallest absolute Gasteiger partial charge is 0.326 e. The molecule has 1 saturated heterocycles. The Morgan fingerprint density at radius 2 is 2.29 bits per heavy atom. The summed E-state index contributed by atoms with van der Waals surface area (Å²) in [6, 6.07) is 0.449. The molecule has 2 aliphatic rings. The lowest BCUT2D eigenvalue weighted by molar-refractivity contribution is -0.148. The van der Waals surface area contributed by atoms with Gasteiger partial charge in [-0.15, -0.1) is 0 Å². The number of hydrogen-bond acceptors (Lipinski definition) is 5. The van der Waals surface area contributed by atoms with E-state index in [9.17, 15) is 4.79 Å². The number of methoxy groups -OCH3 is 1. The molecule has 0 aromatic carbocycles. The van der Waals surface area contributed by atoms with Gasteiger partial charge in [-0.2, -0.15) is 0 Å². The average molecular weight is 298 g/mol. The Hall–Kier alpha value is -0.650. The van der Waals surface area contributed by atoms with Crippen molar-refractivity contribution < 1.29 is 14.3 Å². The van der Waals surface area contributed by atoms with Gasteiger partial charge in [-0.1, -0.05) is 6.92 Å². The molecule has 1 aliphatic carbocycles. The minimum absolute atomic E-state index is 0.110. The standard InChI is InChI=1S/C16H30N2O3/c1-4-17-16(15(19)20-3)8-7-14(10-16)18(2)11-13-6-5-9-21-12-13/h13-14,17H,4-12H2,1-3H3. The summed E-state index contributed by atoms with van der Waals surface area (Å²) < 4.78 is 10.6. The van der Waals surface area contributed by atoms with Crippen LogP contribution in [-0.2, 0) is 14.3 Å². The molecule has 0 amide bonds. The number of carbonyl (C=O) groups excluding carboxylic acids is 1. The lowest BCUT2D eigenvalue weighted by atomic mass is 9.96. The van der Waals surface area contributed by atoms with Crippen LogP contribution in [0.1, 0.15) is 39.0 Å². The maximum atomic E-state index is 12.2. The summed E-state index contributed by atoms with van der Waals surface area (Å²) in [4.78, 5) is 14.6. The summed E-state index contributed by atoms with van der Waals surface area (Å²) in [5.41, 5.74) is -0.481. The molecule has 0 aromatic rings. The van der Waals surface area contributed by atoms with Gasteiger partial charge in [-0.05, 0) is 51.6 Å². The summed E-state index contributed by atoms with van der Waals surface area (Å²) in [5.74, 6) is 0.525. The largest absolute Gasteiger partial charge is 0.468 e. The van der Waals surface area contributed by atoms with E-state index in [2.05, 4.69) is 17.3 Å². The number of hydrogen-bond donors (Lipinski definition) is 1. The first-order valence-corrected chi connectivity index (χ1v) is 8.22. The molecule has 5 heteroatoms. The van der Waals surface area contributed by atoms with E-state index in [1.54, 1.807) is 0 Å². The Kier molecular flexibility index (Phi) is 6.02. The Morgan fingerprint density at radius 1 is 1.48 bits per heavy atom. The van der Waals surface area contributed by atoms with Crippen LogP contribution < -0.4 is 5.32 Å². The zero-order valence-corrected chi connectivity index (χ0v) is 13.7. The monoisotopic (exact) mass is 298 g/mol. The minimum atomic E-state index is -0.481. The molecule has 0 aromatic heterocycles. The third-order valence-electron chi connectivity index (χ3n) is 5.00. The summed E-state index contributed by atoms with van der Waals surface area (Å²) in [5, 5.41) is 3.37. The number of rotatable bonds is 6. The molecule has 2 rings (SSSR count). The average Bonchev–Trinajstić information content (AvgIpc) is 2.93. The maximum Gasteiger partial charge on any atom is 0.326 e. The van der Waals surface area contributed by atoms with Gasteiger partial charge in [-0.25, -0.2) is 0 Å². The maximum absolute atomic E-state index is 12.2. The Morgan fingerprint density at radius 3 is 2.90 bits per heavy atom. The van der Waals surface area contributed by atoms with Crippen molar-refractivity contribution in [1.29, 1.82) is 0 Å². The molecular weight excluding hydrogens is 268 g/mol. The second-order valence-electron chi connectivity index (χ2n) is 6.52. The van der Waals surface area contributed by atoms with Crippen molar-refractivity contribution in [3.8, 4) is 0 Å². The van der Waals surface area contributed by atoms with E-state index in [-0.39, 0.29) is 5.97 Å². The molecular formula is C16H30N2O3. The van der Waals surface area contributed by atoms with E-state index in [1.165, 1.54) is 20.0 Å². The van der Waals surface area contributed by atoms with Crippen LogP contribution in [0.25, 0.3) is 0 Å². The van der Waals surface area contributed by atoms with Crippen LogP contribution >= 0.6 is 0 Å². The minimum Gasteiger partial charge on any atom is -0.468 e. The molecule has 0 bridgehead atoms. The van der Waals surface area contributed by atoms with Crippen molar-refractivity contribution in [2.75, 3.05) is 40.5 Å². The summed E-state index contributed by atoms with van der Waals surface area (Å²) in [6.07, 6.45) is 5.19. The molecule has 1 aliphatic heterocycles. The highest BCUT2D eigenvalue weighted by atomic mass is 16.5. The van der Waals surface area contributed by atoms with Gasteiger partial charge in [0.1, 0.15) is 5.54 Å². The fraction of sp³-hybridized carbons (Fsp3) is 0.938. The molecule has 0 radical (unpaired) electrons. The van der Waals surface area contributed by atoms with Crippen LogP contribution in [0, 0.1) is 5.92 Å². The van der Waals surface area contributed by atoms with E-state index in [0.717, 1.165) is 45.6 Å². The molecule has 1 saturated carbocycles. The quantitative estimate of drug-likeness (QED) is 0.752. The van der Waals surface area contributed by atoms with Gasteiger partial charge < -0.3 is 19.7 Å². The Balaban J connectivity index is 1.91. The van der Waals surface area contributed by atoms with Crippen LogP contribution in [0.4, 0.5) is 0 Å². The lowest BCUT2D eigenvalue weighted by Crippen LogP contribution is -2.52. The lowest BCUT2D eigenvalue weighted by Gasteiger charge is -2.32. The van der Waals surface area contributed by atoms with Gasteiger partial charge in [0.15, 0.2) is 0 Å². The first-order valence-electron chi connectivity index (χ1n) is 8.22. The van der Waals surface area contributed by atoms with Gasteiger partial charge in [0.05, 0.1) is 13.7 Å². The molecule has 2 fully saturated rings. The number of likely N-dealkylation sites (N-methyl/N-ethyl adjacent to an activating group) is 1. The molecule has 21 heavy (non-hydrogen) atoms. The van der Waals surface area contributed by atoms with Gasteiger partial charge in [-0.3, -0.25) is 4.79 Å². The number of carbonyl (C=O) groups is 1. The fourth-order valence-electron chi connectivity index (χ4n) is 3.86. The molecule has 1 heterocycles. The summed E-state index contributed by atoms with van der Waals surface area (Å²) in [7, 11) is 3.66. The van der Waals surface area contributed by atoms with E-state index < -0.39 is 5.54 Å². The summed E-state index contributed by atoms with van der Waals surface area (Å²) in [6.45, 7) is 5.69. The van der Waals surface area contributed by atoms with Gasteiger partial charge in [0.2, 0.25) is 0 Å². The molecule has 3 atom stereocenters. The van der Waals surface area contributed by atoms with Crippen LogP contribution in [0.2, 0.25) is 0 Å². The summed E-state index contributed by atoms with van der Waals surface area (Å²) >= 11 is 0. The molecule has 5 nitrogen and oxygen atoms in total. The molecule has 1 N–H and O–H groups in total. The van der Waals surface area contributed by atoms with Crippen LogP contribution in [0.15, 0.2) is 0 Å². The third kappa shape index (κ3) is 3.96. The van der Waals surface area contributed by atoms with E-state index in [1.807, 2.05) is 6.92 Å². The predicted octanol–water partition coefficient (Wildman–Crippen LogP) is 1.42. The fourth-order valence-corrected chi connectivity index (χ4v) is 3.86. The normalized spacial score (nSPS) is 33.3. The van der Waals surface area contributed by atoms with E-state index in [4.69, 9.17) is 9.47 Å². The van der Waals surface area contributed by atoms with Gasteiger partial charge in [0.25, 0.3) is 0 Å². The zero-order chi connectivity index (χ0) is 15.3. The number of esters is 1. The molecule has 122 valence electrons. The first-order chi connectivity index (χ1) is 10.1. The zero-order valence-electron chi connectivity index (χ0n) is 13.7. The van der Waals surface area contributed by atoms with Crippen LogP contribution in [-0.4, -0.2) is 62.9 Å². The topological polar surface area (TPSA) is 50.8 Å². The van der Waals surface area contributed by atoms with Crippen molar-refractivity contribution in [3.63, 3.8) is 0 Å². The second-order valence-corrected chi connectivity index (χ2v) is 6.52. The number of ether oxygens (including phenoxy) is 2. The van der Waals surface area contributed by atoms with Crippen molar-refractivity contribution in [1.82, 2.24) is 10.2 Å². The SMILES string of the molecule is CCNC1(C(=O)OC)CCC(N(C)CC2CCCOC2)C1. The van der Waals surface area contributed by atoms with Gasteiger partial charge >= 0.3 is 5.97 Å². The van der Waals surface area contributed by atoms with Crippen molar-refractivity contribution in [3.05, 3.63) is 0 Å². The van der Waals surface area contributed by atoms with E-state index in [0.29, 0.717) is 12.0 Å². The predicted molar refractivity (Wildman–Crippen MR) is 82.2 cm³/mol. The van der Waals surface area contributed by atoms with Crippen molar-refractivity contribution >= 4 is 5.97 Å². The van der Waals surface area contributed by atoms with E-state index >= 15 is 0 Å². The third-order valence-corrected chi connectivity index (χ3v) is 5.00. The first kappa shape index (κ1) is 16.7. The second kappa shape index (κ2) is 7.56. The van der Waals surface area contributed by atoms with Crippen LogP contribution in [0.3, 0.4) is 0 Å². The van der Waals surface area contributed by atoms with Gasteiger partial charge in [0, 0.05) is 19.2 Å². The molecule has 0 spiro atoms. The highest BCUT2D eigenvalue weighted by Crippen LogP contribution is 2.34. The Labute approximate surface area is 128 Å². The van der Waals surface area contributed by atoms with Crippen molar-refractivity contribution in [2.45, 2.75) is 50.6 Å². The number of nitrogens with one attached hydrogen (secondary N) is 1. The number of nitrogens with zero attached hydrogens (tertiary/aromatic N) is 1. The molecule has 3 unspecified atom stereocenters. The highest BCUT2D eigenvalue weighted by molar-refractivity contribution is 5.81. The Bertz CT molecular complexity index is 344.